The lowest BCUT2D eigenvalue weighted by molar-refractivity contribution is 0.0702. The number of nitrogens with one attached hydrogen (secondary N) is 1. The lowest BCUT2D eigenvalue weighted by Gasteiger charge is -2.31. The molecule has 0 unspecified atom stereocenters. The van der Waals surface area contributed by atoms with Crippen LogP contribution in [0.4, 0.5) is 0 Å². The molecular weight excluding hydrogens is 406 g/mol. The predicted octanol–water partition coefficient (Wildman–Crippen LogP) is 2.74. The van der Waals surface area contributed by atoms with Crippen LogP contribution in [0.2, 0.25) is 0 Å². The van der Waals surface area contributed by atoms with Gasteiger partial charge in [0.05, 0.1) is 10.5 Å². The molecule has 2 N–H and O–H groups in total. The molecule has 0 bridgehead atoms. The van der Waals surface area contributed by atoms with Gasteiger partial charge in [0.1, 0.15) is 11.9 Å². The van der Waals surface area contributed by atoms with Gasteiger partial charge in [0.25, 0.3) is 5.91 Å². The number of benzene rings is 1. The maximum absolute atomic E-state index is 12.9. The van der Waals surface area contributed by atoms with Crippen molar-refractivity contribution >= 4 is 28.3 Å². The summed E-state index contributed by atoms with van der Waals surface area (Å²) in [4.78, 5) is 15.6. The van der Waals surface area contributed by atoms with Gasteiger partial charge in [-0.3, -0.25) is 15.0 Å². The minimum absolute atomic E-state index is 0. The van der Waals surface area contributed by atoms with Gasteiger partial charge in [-0.25, -0.2) is 13.9 Å². The fraction of sp³-hybridized carbons (Fsp3) is 0.333. The maximum Gasteiger partial charge on any atom is 0.276 e. The quantitative estimate of drug-likeness (QED) is 0.556. The Labute approximate surface area is 172 Å². The van der Waals surface area contributed by atoms with Gasteiger partial charge >= 0.3 is 0 Å². The molecule has 0 saturated carbocycles. The Morgan fingerprint density at radius 2 is 1.79 bits per heavy atom. The van der Waals surface area contributed by atoms with Crippen LogP contribution in [0.1, 0.15) is 32.1 Å². The van der Waals surface area contributed by atoms with Crippen molar-refractivity contribution < 1.29 is 24.6 Å². The zero-order valence-corrected chi connectivity index (χ0v) is 15.9. The minimum atomic E-state index is -3.85. The first-order valence-corrected chi connectivity index (χ1v) is 9.56. The molecule has 0 radical (unpaired) electrons. The molecule has 0 aliphatic carbocycles. The Morgan fingerprint density at radius 1 is 1.18 bits per heavy atom. The Kier molecular flexibility index (Phi) is 8.83. The molecule has 1 aliphatic rings. The van der Waals surface area contributed by atoms with Crippen molar-refractivity contribution in [3.8, 4) is 5.75 Å². The molecule has 8 nitrogen and oxygen atoms in total. The first-order chi connectivity index (χ1) is 12.5. The van der Waals surface area contributed by atoms with Gasteiger partial charge in [-0.2, -0.15) is 4.31 Å². The van der Waals surface area contributed by atoms with E-state index in [2.05, 4.69) is 4.98 Å². The van der Waals surface area contributed by atoms with Crippen LogP contribution in [0.25, 0.3) is 0 Å². The highest BCUT2D eigenvalue weighted by atomic mass is 35.5. The first-order valence-electron chi connectivity index (χ1n) is 8.12. The number of pyridine rings is 1. The lowest BCUT2D eigenvalue weighted by Crippen LogP contribution is -2.42. The summed E-state index contributed by atoms with van der Waals surface area (Å²) >= 11 is 0. The summed E-state index contributed by atoms with van der Waals surface area (Å²) in [6.45, 7) is 0.570. The van der Waals surface area contributed by atoms with Crippen molar-refractivity contribution in [3.05, 3.63) is 54.4 Å². The topological polar surface area (TPSA) is 109 Å². The van der Waals surface area contributed by atoms with E-state index in [-0.39, 0.29) is 50.9 Å². The summed E-state index contributed by atoms with van der Waals surface area (Å²) in [5.74, 6) is -0.161. The number of ether oxygens (including phenoxy) is 1. The number of sulfonamides is 1. The highest BCUT2D eigenvalue weighted by molar-refractivity contribution is 7.89. The van der Waals surface area contributed by atoms with E-state index in [4.69, 9.17) is 9.94 Å². The highest BCUT2D eigenvalue weighted by Crippen LogP contribution is 2.25. The largest absolute Gasteiger partial charge is 0.490 e. The van der Waals surface area contributed by atoms with Crippen LogP contribution in [0.15, 0.2) is 53.7 Å². The number of carbonyl (C=O) groups is 1. The first kappa shape index (κ1) is 23.8. The molecule has 0 spiro atoms. The number of hydroxylamine groups is 1. The van der Waals surface area contributed by atoms with Gasteiger partial charge in [0, 0.05) is 26.9 Å². The Balaban J connectivity index is 0.00000261. The molecule has 1 fully saturated rings. The summed E-state index contributed by atoms with van der Waals surface area (Å²) in [6, 6.07) is 9.32. The van der Waals surface area contributed by atoms with Gasteiger partial charge in [0.2, 0.25) is 10.0 Å². The maximum atomic E-state index is 12.9. The standard InChI is InChI=1S/C17H19N3O5S.CH4.ClH.H2/c21-17(19-22)15-3-1-2-4-16(15)26(23,24)20-11-7-14(8-12-20)25-13-5-9-18-10-6-13;;;/h1-6,9-10,14,22H,7-8,11-12H2,(H,19,21);1H4;2*1H. The molecule has 1 saturated heterocycles. The number of aromatic nitrogens is 1. The molecule has 28 heavy (non-hydrogen) atoms. The lowest BCUT2D eigenvalue weighted by atomic mass is 10.1. The van der Waals surface area contributed by atoms with E-state index in [0.717, 1.165) is 0 Å². The number of hydrogen-bond acceptors (Lipinski definition) is 6. The zero-order valence-electron chi connectivity index (χ0n) is 14.3. The molecule has 2 heterocycles. The Bertz CT molecular complexity index is 878. The Hall–Kier alpha value is -2.20. The summed E-state index contributed by atoms with van der Waals surface area (Å²) in [7, 11) is -3.85. The summed E-state index contributed by atoms with van der Waals surface area (Å²) in [5, 5.41) is 8.83. The number of carbonyl (C=O) groups excluding carboxylic acids is 1. The van der Waals surface area contributed by atoms with Gasteiger partial charge < -0.3 is 4.74 Å². The molecule has 0 atom stereocenters. The second-order valence-electron chi connectivity index (χ2n) is 5.84. The average Bonchev–Trinajstić information content (AvgIpc) is 2.68. The highest BCUT2D eigenvalue weighted by Gasteiger charge is 2.32. The monoisotopic (exact) mass is 431 g/mol. The van der Waals surface area contributed by atoms with E-state index < -0.39 is 15.9 Å². The van der Waals surface area contributed by atoms with Crippen molar-refractivity contribution in [1.82, 2.24) is 14.8 Å². The summed E-state index contributed by atoms with van der Waals surface area (Å²) in [5.41, 5.74) is 1.39. The van der Waals surface area contributed by atoms with Crippen LogP contribution < -0.4 is 10.2 Å². The van der Waals surface area contributed by atoms with Gasteiger partial charge in [-0.15, -0.1) is 12.4 Å². The predicted molar refractivity (Wildman–Crippen MR) is 108 cm³/mol. The van der Waals surface area contributed by atoms with Crippen LogP contribution in [0.3, 0.4) is 0 Å². The fourth-order valence-corrected chi connectivity index (χ4v) is 4.54. The van der Waals surface area contributed by atoms with E-state index in [1.807, 2.05) is 0 Å². The third kappa shape index (κ3) is 5.20. The second kappa shape index (κ2) is 10.4. The number of nitrogens with zero attached hydrogens (tertiary/aromatic N) is 2. The van der Waals surface area contributed by atoms with Crippen LogP contribution >= 0.6 is 12.4 Å². The van der Waals surface area contributed by atoms with Crippen molar-refractivity contribution in [2.24, 2.45) is 0 Å². The van der Waals surface area contributed by atoms with Crippen molar-refractivity contribution in [2.75, 3.05) is 13.1 Å². The zero-order chi connectivity index (χ0) is 18.6. The van der Waals surface area contributed by atoms with E-state index in [0.29, 0.717) is 18.6 Å². The molecular formula is C18H26ClN3O5S. The molecule has 10 heteroatoms. The summed E-state index contributed by atoms with van der Waals surface area (Å²) < 4.78 is 33.0. The van der Waals surface area contributed by atoms with Crippen LogP contribution in [-0.4, -0.2) is 48.0 Å². The van der Waals surface area contributed by atoms with Crippen LogP contribution in [0.5, 0.6) is 5.75 Å². The third-order valence-electron chi connectivity index (χ3n) is 4.20. The van der Waals surface area contributed by atoms with Crippen LogP contribution in [0, 0.1) is 0 Å². The fourth-order valence-electron chi connectivity index (χ4n) is 2.88. The molecule has 156 valence electrons. The van der Waals surface area contributed by atoms with Crippen molar-refractivity contribution in [2.45, 2.75) is 31.3 Å². The number of rotatable bonds is 5. The van der Waals surface area contributed by atoms with Crippen molar-refractivity contribution in [3.63, 3.8) is 0 Å². The van der Waals surface area contributed by atoms with Gasteiger partial charge in [-0.05, 0) is 37.1 Å². The van der Waals surface area contributed by atoms with E-state index in [9.17, 15) is 13.2 Å². The van der Waals surface area contributed by atoms with E-state index in [1.54, 1.807) is 36.7 Å². The molecule has 1 amide bonds. The molecule has 1 aromatic heterocycles. The SMILES string of the molecule is C.Cl.O=C(NO)c1ccccc1S(=O)(=O)N1CCC(Oc2ccncc2)CC1.[HH]. The number of piperidine rings is 1. The number of amides is 1. The number of halogens is 1. The van der Waals surface area contributed by atoms with E-state index in [1.165, 1.54) is 21.9 Å². The summed E-state index contributed by atoms with van der Waals surface area (Å²) in [6.07, 6.45) is 4.27. The van der Waals surface area contributed by atoms with E-state index >= 15 is 0 Å². The third-order valence-corrected chi connectivity index (χ3v) is 6.16. The average molecular weight is 432 g/mol. The molecule has 1 aliphatic heterocycles. The van der Waals surface area contributed by atoms with Crippen LogP contribution in [-0.2, 0) is 10.0 Å². The second-order valence-corrected chi connectivity index (χ2v) is 7.75. The van der Waals surface area contributed by atoms with Crippen molar-refractivity contribution in [1.29, 1.82) is 0 Å². The Morgan fingerprint density at radius 3 is 2.39 bits per heavy atom. The number of hydrogen-bond donors (Lipinski definition) is 2. The minimum Gasteiger partial charge on any atom is -0.490 e. The normalized spacial score (nSPS) is 15.0. The smallest absolute Gasteiger partial charge is 0.276 e. The molecule has 1 aromatic carbocycles. The molecule has 3 rings (SSSR count). The van der Waals surface area contributed by atoms with Gasteiger partial charge in [-0.1, -0.05) is 19.6 Å². The van der Waals surface area contributed by atoms with Gasteiger partial charge in [0.15, 0.2) is 0 Å². The molecule has 2 aromatic rings.